The minimum Gasteiger partial charge on any atom is -0.344 e. The van der Waals surface area contributed by atoms with Gasteiger partial charge in [0.15, 0.2) is 0 Å². The van der Waals surface area contributed by atoms with Crippen LogP contribution in [0.15, 0.2) is 28.7 Å². The fourth-order valence-electron chi connectivity index (χ4n) is 2.02. The first-order chi connectivity index (χ1) is 8.61. The second-order valence-electron chi connectivity index (χ2n) is 4.25. The maximum atomic E-state index is 12.3. The van der Waals surface area contributed by atoms with Crippen LogP contribution >= 0.6 is 15.9 Å². The van der Waals surface area contributed by atoms with Crippen molar-refractivity contribution >= 4 is 33.4 Å². The maximum Gasteiger partial charge on any atom is 0.249 e. The van der Waals surface area contributed by atoms with E-state index in [4.69, 9.17) is 0 Å². The molecule has 1 heterocycles. The van der Waals surface area contributed by atoms with E-state index >= 15 is 0 Å². The third kappa shape index (κ3) is 2.72. The van der Waals surface area contributed by atoms with Crippen LogP contribution in [0.3, 0.4) is 0 Å². The van der Waals surface area contributed by atoms with Crippen LogP contribution in [0.25, 0.3) is 0 Å². The number of carbonyl (C=O) groups is 2. The Morgan fingerprint density at radius 3 is 2.89 bits per heavy atom. The van der Waals surface area contributed by atoms with E-state index in [1.54, 1.807) is 4.90 Å². The molecular weight excluding hydrogens is 296 g/mol. The van der Waals surface area contributed by atoms with Gasteiger partial charge in [-0.3, -0.25) is 9.59 Å². The highest BCUT2D eigenvalue weighted by Crippen LogP contribution is 2.22. The molecular formula is C13H15BrN2O2. The van der Waals surface area contributed by atoms with Crippen LogP contribution in [0, 0.1) is 0 Å². The molecule has 0 radical (unpaired) electrons. The molecule has 1 unspecified atom stereocenters. The van der Waals surface area contributed by atoms with Crippen molar-refractivity contribution in [3.05, 3.63) is 28.7 Å². The quantitative estimate of drug-likeness (QED) is 0.909. The van der Waals surface area contributed by atoms with Crippen LogP contribution in [-0.2, 0) is 9.59 Å². The average molecular weight is 311 g/mol. The number of rotatable bonds is 2. The summed E-state index contributed by atoms with van der Waals surface area (Å²) in [4.78, 5) is 25.5. The summed E-state index contributed by atoms with van der Waals surface area (Å²) < 4.78 is 0.921. The summed E-state index contributed by atoms with van der Waals surface area (Å²) in [5, 5.41) is 2.75. The summed E-state index contributed by atoms with van der Waals surface area (Å²) in [5.41, 5.74) is 0.823. The topological polar surface area (TPSA) is 49.4 Å². The number of benzene rings is 1. The molecule has 0 saturated carbocycles. The zero-order valence-corrected chi connectivity index (χ0v) is 11.7. The summed E-state index contributed by atoms with van der Waals surface area (Å²) in [6, 6.07) is 7.14. The molecule has 1 atom stereocenters. The number of nitrogens with zero attached hydrogens (tertiary/aromatic N) is 1. The predicted octanol–water partition coefficient (Wildman–Crippen LogP) is 2.08. The summed E-state index contributed by atoms with van der Waals surface area (Å²) in [6.45, 7) is 2.32. The van der Waals surface area contributed by atoms with Gasteiger partial charge in [0.2, 0.25) is 11.8 Å². The lowest BCUT2D eigenvalue weighted by Gasteiger charge is -2.23. The number of amides is 2. The number of anilines is 1. The molecule has 5 heteroatoms. The number of hydrogen-bond donors (Lipinski definition) is 1. The lowest BCUT2D eigenvalue weighted by Crippen LogP contribution is -2.44. The van der Waals surface area contributed by atoms with Gasteiger partial charge in [0.25, 0.3) is 0 Å². The Morgan fingerprint density at radius 2 is 2.22 bits per heavy atom. The predicted molar refractivity (Wildman–Crippen MR) is 73.3 cm³/mol. The molecule has 1 saturated heterocycles. The smallest absolute Gasteiger partial charge is 0.249 e. The van der Waals surface area contributed by atoms with Gasteiger partial charge in [-0.15, -0.1) is 0 Å². The number of hydrogen-bond acceptors (Lipinski definition) is 2. The van der Waals surface area contributed by atoms with Crippen LogP contribution < -0.4 is 10.2 Å². The van der Waals surface area contributed by atoms with Gasteiger partial charge in [-0.1, -0.05) is 28.9 Å². The zero-order chi connectivity index (χ0) is 13.1. The van der Waals surface area contributed by atoms with E-state index < -0.39 is 6.04 Å². The van der Waals surface area contributed by atoms with Crippen LogP contribution in [0.1, 0.15) is 19.8 Å². The first kappa shape index (κ1) is 13.1. The molecule has 1 aliphatic rings. The van der Waals surface area contributed by atoms with Crippen molar-refractivity contribution in [2.45, 2.75) is 25.8 Å². The Bertz CT molecular complexity index is 476. The molecule has 0 aromatic heterocycles. The first-order valence-electron chi connectivity index (χ1n) is 5.98. The van der Waals surface area contributed by atoms with E-state index in [1.807, 2.05) is 31.2 Å². The number of nitrogens with one attached hydrogen (secondary N) is 1. The van der Waals surface area contributed by atoms with Gasteiger partial charge in [-0.2, -0.15) is 0 Å². The second-order valence-corrected chi connectivity index (χ2v) is 5.16. The molecule has 1 N–H and O–H groups in total. The van der Waals surface area contributed by atoms with E-state index in [0.29, 0.717) is 19.4 Å². The van der Waals surface area contributed by atoms with Gasteiger partial charge in [-0.25, -0.2) is 0 Å². The molecule has 1 aromatic rings. The Kier molecular flexibility index (Phi) is 4.01. The van der Waals surface area contributed by atoms with Crippen LogP contribution in [0.2, 0.25) is 0 Å². The van der Waals surface area contributed by atoms with Gasteiger partial charge in [-0.05, 0) is 24.6 Å². The van der Waals surface area contributed by atoms with Crippen molar-refractivity contribution in [3.63, 3.8) is 0 Å². The molecule has 1 aliphatic heterocycles. The highest BCUT2D eigenvalue weighted by molar-refractivity contribution is 9.10. The molecule has 0 bridgehead atoms. The van der Waals surface area contributed by atoms with Crippen molar-refractivity contribution in [3.8, 4) is 0 Å². The molecule has 0 spiro atoms. The fourth-order valence-corrected chi connectivity index (χ4v) is 2.40. The van der Waals surface area contributed by atoms with E-state index in [2.05, 4.69) is 21.2 Å². The van der Waals surface area contributed by atoms with Gasteiger partial charge in [0.05, 0.1) is 0 Å². The average Bonchev–Trinajstić information content (AvgIpc) is 2.49. The van der Waals surface area contributed by atoms with Crippen LogP contribution in [0.4, 0.5) is 5.69 Å². The minimum atomic E-state index is -0.418. The molecule has 2 rings (SSSR count). The Labute approximate surface area is 114 Å². The van der Waals surface area contributed by atoms with Crippen molar-refractivity contribution in [2.24, 2.45) is 0 Å². The highest BCUT2D eigenvalue weighted by Gasteiger charge is 2.29. The Hall–Kier alpha value is -1.36. The van der Waals surface area contributed by atoms with E-state index in [1.165, 1.54) is 0 Å². The third-order valence-corrected chi connectivity index (χ3v) is 3.48. The van der Waals surface area contributed by atoms with Crippen molar-refractivity contribution in [1.82, 2.24) is 5.32 Å². The summed E-state index contributed by atoms with van der Waals surface area (Å²) >= 11 is 3.39. The van der Waals surface area contributed by atoms with Gasteiger partial charge >= 0.3 is 0 Å². The maximum absolute atomic E-state index is 12.3. The summed E-state index contributed by atoms with van der Waals surface area (Å²) in [7, 11) is 0. The molecule has 1 fully saturated rings. The Morgan fingerprint density at radius 1 is 1.44 bits per heavy atom. The molecule has 0 aliphatic carbocycles. The van der Waals surface area contributed by atoms with Crippen molar-refractivity contribution in [1.29, 1.82) is 0 Å². The minimum absolute atomic E-state index is 0.0403. The molecule has 1 aromatic carbocycles. The lowest BCUT2D eigenvalue weighted by molar-refractivity contribution is -0.125. The second kappa shape index (κ2) is 5.52. The first-order valence-corrected chi connectivity index (χ1v) is 6.77. The van der Waals surface area contributed by atoms with E-state index in [0.717, 1.165) is 10.2 Å². The highest BCUT2D eigenvalue weighted by atomic mass is 79.9. The summed E-state index contributed by atoms with van der Waals surface area (Å²) in [5.74, 6) is -0.103. The SMILES string of the molecule is CCC1NC(=O)CCN(c2cccc(Br)c2)C1=O. The van der Waals surface area contributed by atoms with Gasteiger partial charge in [0.1, 0.15) is 6.04 Å². The van der Waals surface area contributed by atoms with Crippen LogP contribution in [-0.4, -0.2) is 24.4 Å². The summed E-state index contributed by atoms with van der Waals surface area (Å²) in [6.07, 6.45) is 0.948. The van der Waals surface area contributed by atoms with Gasteiger partial charge < -0.3 is 10.2 Å². The molecule has 2 amide bonds. The lowest BCUT2D eigenvalue weighted by atomic mass is 10.2. The Balaban J connectivity index is 2.30. The van der Waals surface area contributed by atoms with Crippen molar-refractivity contribution in [2.75, 3.05) is 11.4 Å². The fraction of sp³-hybridized carbons (Fsp3) is 0.385. The number of carbonyl (C=O) groups excluding carboxylic acids is 2. The van der Waals surface area contributed by atoms with Gasteiger partial charge in [0, 0.05) is 23.1 Å². The molecule has 18 heavy (non-hydrogen) atoms. The zero-order valence-electron chi connectivity index (χ0n) is 10.1. The van der Waals surface area contributed by atoms with E-state index in [9.17, 15) is 9.59 Å². The number of halogens is 1. The van der Waals surface area contributed by atoms with Crippen molar-refractivity contribution < 1.29 is 9.59 Å². The molecule has 4 nitrogen and oxygen atoms in total. The monoisotopic (exact) mass is 310 g/mol. The standard InChI is InChI=1S/C13H15BrN2O2/c1-2-11-13(18)16(7-6-12(17)15-11)10-5-3-4-9(14)8-10/h3-5,8,11H,2,6-7H2,1H3,(H,15,17). The van der Waals surface area contributed by atoms with Crippen LogP contribution in [0.5, 0.6) is 0 Å². The third-order valence-electron chi connectivity index (χ3n) is 2.99. The normalized spacial score (nSPS) is 20.6. The van der Waals surface area contributed by atoms with E-state index in [-0.39, 0.29) is 11.8 Å². The largest absolute Gasteiger partial charge is 0.344 e. The molecule has 96 valence electrons.